The van der Waals surface area contributed by atoms with Crippen molar-refractivity contribution in [2.45, 2.75) is 50.3 Å². The third kappa shape index (κ3) is 7.17. The number of carbonyl (C=O) groups excluding carboxylic acids is 2. The fraction of sp³-hybridized carbons (Fsp3) is 0.310. The van der Waals surface area contributed by atoms with Gasteiger partial charge >= 0.3 is 0 Å². The number of rotatable bonds is 10. The van der Waals surface area contributed by atoms with E-state index < -0.39 is 20.7 Å². The number of nitrogens with zero attached hydrogens (tertiary/aromatic N) is 3. The minimum atomic E-state index is -4.13. The number of amides is 1. The van der Waals surface area contributed by atoms with E-state index in [2.05, 4.69) is 9.62 Å². The third-order valence-electron chi connectivity index (χ3n) is 10.7. The number of carbonyl (C=O) groups is 2. The summed E-state index contributed by atoms with van der Waals surface area (Å²) in [5.74, 6) is -0.0567. The lowest BCUT2D eigenvalue weighted by Gasteiger charge is -2.53. The van der Waals surface area contributed by atoms with Gasteiger partial charge in [0.05, 0.1) is 11.3 Å². The largest absolute Gasteiger partial charge is 0.381 e. The molecule has 0 unspecified atom stereocenters. The summed E-state index contributed by atoms with van der Waals surface area (Å²) in [5.41, 5.74) is 6.02. The second kappa shape index (κ2) is 14.7. The lowest BCUT2D eigenvalue weighted by molar-refractivity contribution is -0.000515. The summed E-state index contributed by atoms with van der Waals surface area (Å²) >= 11 is 1.26. The highest BCUT2D eigenvalue weighted by atomic mass is 32.2. The number of aryl methyl sites for hydroxylation is 2. The van der Waals surface area contributed by atoms with Gasteiger partial charge in [0.25, 0.3) is 15.9 Å². The van der Waals surface area contributed by atoms with Crippen molar-refractivity contribution < 1.29 is 27.1 Å². The molecule has 2 aromatic heterocycles. The van der Waals surface area contributed by atoms with Crippen LogP contribution in [0.25, 0.3) is 10.4 Å². The number of nitrogens with one attached hydrogen (secondary N) is 1. The minimum Gasteiger partial charge on any atom is -0.381 e. The number of pyridine rings is 1. The highest BCUT2D eigenvalue weighted by Gasteiger charge is 2.45. The number of thiophene rings is 1. The Hall–Kier alpha value is -4.91. The molecule has 0 bridgehead atoms. The average molecular weight is 765 g/mol. The number of anilines is 3. The molecule has 3 aliphatic rings. The first kappa shape index (κ1) is 36.1. The van der Waals surface area contributed by atoms with Crippen LogP contribution in [-0.4, -0.2) is 57.9 Å². The number of sulfonamides is 1. The predicted molar refractivity (Wildman–Crippen MR) is 210 cm³/mol. The molecule has 0 aliphatic carbocycles. The first-order valence-electron chi connectivity index (χ1n) is 18.3. The van der Waals surface area contributed by atoms with Crippen LogP contribution in [0.5, 0.6) is 0 Å². The molecule has 9 nitrogen and oxygen atoms in total. The topological polar surface area (TPSA) is 109 Å². The number of benzene rings is 3. The quantitative estimate of drug-likeness (QED) is 0.143. The first-order valence-corrected chi connectivity index (χ1v) is 20.6. The van der Waals surface area contributed by atoms with E-state index in [0.29, 0.717) is 48.4 Å². The molecule has 5 aromatic rings. The molecule has 5 heterocycles. The molecule has 0 saturated carbocycles. The second-order valence-electron chi connectivity index (χ2n) is 14.6. The van der Waals surface area contributed by atoms with Crippen molar-refractivity contribution in [1.29, 1.82) is 0 Å². The van der Waals surface area contributed by atoms with E-state index >= 15 is 0 Å². The zero-order chi connectivity index (χ0) is 37.5. The second-order valence-corrected chi connectivity index (χ2v) is 17.3. The maximum Gasteiger partial charge on any atom is 0.265 e. The molecule has 278 valence electrons. The molecule has 3 aliphatic heterocycles. The summed E-state index contributed by atoms with van der Waals surface area (Å²) in [4.78, 5) is 36.6. The van der Waals surface area contributed by atoms with Crippen LogP contribution < -0.4 is 14.5 Å². The molecular formula is C42H41FN4O5S2. The molecule has 0 atom stereocenters. The fourth-order valence-corrected chi connectivity index (χ4v) is 10.3. The van der Waals surface area contributed by atoms with Gasteiger partial charge in [-0.3, -0.25) is 14.3 Å². The van der Waals surface area contributed by atoms with Crippen molar-refractivity contribution >= 4 is 49.6 Å². The van der Waals surface area contributed by atoms with Gasteiger partial charge in [0, 0.05) is 66.9 Å². The molecule has 1 amide bonds. The third-order valence-corrected chi connectivity index (χ3v) is 13.4. The molecule has 2 saturated heterocycles. The Morgan fingerprint density at radius 2 is 1.72 bits per heavy atom. The lowest BCUT2D eigenvalue weighted by Crippen LogP contribution is -2.59. The minimum absolute atomic E-state index is 0.101. The molecule has 0 radical (unpaired) electrons. The maximum atomic E-state index is 14.3. The Morgan fingerprint density at radius 1 is 0.981 bits per heavy atom. The van der Waals surface area contributed by atoms with Gasteiger partial charge in [0.1, 0.15) is 21.5 Å². The molecule has 3 aromatic carbocycles. The number of fused-ring (bicyclic) bond motifs is 3. The molecule has 1 N–H and O–H groups in total. The Balaban J connectivity index is 0.913. The first-order chi connectivity index (χ1) is 26.1. The van der Waals surface area contributed by atoms with Gasteiger partial charge in [-0.2, -0.15) is 0 Å². The van der Waals surface area contributed by atoms with Gasteiger partial charge in [0.15, 0.2) is 5.78 Å². The molecule has 12 heteroatoms. The van der Waals surface area contributed by atoms with Gasteiger partial charge in [-0.15, -0.1) is 11.3 Å². The van der Waals surface area contributed by atoms with E-state index in [1.165, 1.54) is 29.5 Å². The van der Waals surface area contributed by atoms with E-state index in [-0.39, 0.29) is 17.1 Å². The molecular weight excluding hydrogens is 724 g/mol. The zero-order valence-corrected chi connectivity index (χ0v) is 31.6. The standard InChI is InChI=1S/C42H41FN4O5S2/c1-28-23-33(40(44-25-28)46-26-42(27-46)18-21-52-22-19-42)36(48)11-6-7-29-13-15-30(16-14-29)41(49)47-20-17-31-24-38(53-39(31)32-8-2-4-10-35(32)47)45-54(50,51)37-12-5-3-9-34(37)43/h2-5,8-10,12-16,23-25,45H,6-7,11,17-22,26-27H2,1H3. The van der Waals surface area contributed by atoms with Crippen LogP contribution in [-0.2, 0) is 27.6 Å². The van der Waals surface area contributed by atoms with Crippen molar-refractivity contribution in [1.82, 2.24) is 4.98 Å². The van der Waals surface area contributed by atoms with Crippen LogP contribution in [0.4, 0.5) is 20.9 Å². The van der Waals surface area contributed by atoms with Gasteiger partial charge in [-0.25, -0.2) is 17.8 Å². The number of ketones is 1. The number of Topliss-reactive ketones (excluding diaryl/α,β-unsaturated/α-hetero) is 1. The summed E-state index contributed by atoms with van der Waals surface area (Å²) in [6.45, 7) is 5.80. The van der Waals surface area contributed by atoms with Crippen molar-refractivity contribution in [3.05, 3.63) is 125 Å². The van der Waals surface area contributed by atoms with Crippen LogP contribution >= 0.6 is 11.3 Å². The van der Waals surface area contributed by atoms with E-state index in [9.17, 15) is 22.4 Å². The summed E-state index contributed by atoms with van der Waals surface area (Å²) in [7, 11) is -4.13. The number of hydrogen-bond donors (Lipinski definition) is 1. The Morgan fingerprint density at radius 3 is 2.50 bits per heavy atom. The average Bonchev–Trinajstić information content (AvgIpc) is 3.49. The maximum absolute atomic E-state index is 14.3. The van der Waals surface area contributed by atoms with E-state index in [1.54, 1.807) is 11.0 Å². The monoisotopic (exact) mass is 764 g/mol. The van der Waals surface area contributed by atoms with Crippen LogP contribution in [0.2, 0.25) is 0 Å². The Labute approximate surface area is 318 Å². The van der Waals surface area contributed by atoms with Crippen molar-refractivity contribution in [3.8, 4) is 10.4 Å². The summed E-state index contributed by atoms with van der Waals surface area (Å²) < 4.78 is 48.4. The van der Waals surface area contributed by atoms with E-state index in [0.717, 1.165) is 83.8 Å². The van der Waals surface area contributed by atoms with Gasteiger partial charge in [-0.05, 0) is 98.2 Å². The van der Waals surface area contributed by atoms with Crippen LogP contribution in [0.1, 0.15) is 63.1 Å². The molecule has 8 rings (SSSR count). The van der Waals surface area contributed by atoms with Crippen LogP contribution in [0.3, 0.4) is 0 Å². The predicted octanol–water partition coefficient (Wildman–Crippen LogP) is 8.08. The van der Waals surface area contributed by atoms with Crippen molar-refractivity contribution in [2.75, 3.05) is 47.4 Å². The van der Waals surface area contributed by atoms with Crippen molar-refractivity contribution in [3.63, 3.8) is 0 Å². The molecule has 54 heavy (non-hydrogen) atoms. The van der Waals surface area contributed by atoms with Gasteiger partial charge in [0.2, 0.25) is 0 Å². The Bertz CT molecular complexity index is 2330. The number of hydrogen-bond acceptors (Lipinski definition) is 8. The van der Waals surface area contributed by atoms with Crippen molar-refractivity contribution in [2.24, 2.45) is 5.41 Å². The normalized spacial score (nSPS) is 16.3. The SMILES string of the molecule is Cc1cnc(N2CC3(CCOCC3)C2)c(C(=O)CCCc2ccc(C(=O)N3CCc4cc(NS(=O)(=O)c5ccccc5F)sc4-c4ccccc43)cc2)c1. The zero-order valence-electron chi connectivity index (χ0n) is 30.0. The van der Waals surface area contributed by atoms with Crippen LogP contribution in [0.15, 0.2) is 96.0 Å². The number of aromatic nitrogens is 1. The lowest BCUT2D eigenvalue weighted by atomic mass is 9.73. The van der Waals surface area contributed by atoms with E-state index in [1.807, 2.05) is 67.7 Å². The summed E-state index contributed by atoms with van der Waals surface area (Å²) in [6, 6.07) is 24.2. The van der Waals surface area contributed by atoms with Gasteiger partial charge < -0.3 is 14.5 Å². The molecule has 2 fully saturated rings. The summed E-state index contributed by atoms with van der Waals surface area (Å²) in [6.07, 6.45) is 6.25. The van der Waals surface area contributed by atoms with Crippen LogP contribution in [0, 0.1) is 18.2 Å². The number of para-hydroxylation sites is 1. The highest BCUT2D eigenvalue weighted by molar-refractivity contribution is 7.93. The van der Waals surface area contributed by atoms with Gasteiger partial charge in [-0.1, -0.05) is 42.5 Å². The number of halogens is 1. The van der Waals surface area contributed by atoms with E-state index in [4.69, 9.17) is 9.72 Å². The Kier molecular flexibility index (Phi) is 9.84. The fourth-order valence-electron chi connectivity index (χ4n) is 7.82. The highest BCUT2D eigenvalue weighted by Crippen LogP contribution is 2.45. The summed E-state index contributed by atoms with van der Waals surface area (Å²) in [5, 5.41) is 0.380. The molecule has 1 spiro atoms. The number of ether oxygens (including phenoxy) is 1. The smallest absolute Gasteiger partial charge is 0.265 e.